The van der Waals surface area contributed by atoms with Crippen LogP contribution >= 0.6 is 0 Å². The summed E-state index contributed by atoms with van der Waals surface area (Å²) < 4.78 is 0. The van der Waals surface area contributed by atoms with Crippen molar-refractivity contribution in [3.05, 3.63) is 11.9 Å². The van der Waals surface area contributed by atoms with Gasteiger partial charge in [0.05, 0.1) is 0 Å². The first-order chi connectivity index (χ1) is 6.15. The zero-order valence-corrected chi connectivity index (χ0v) is 8.21. The van der Waals surface area contributed by atoms with Gasteiger partial charge in [0.2, 0.25) is 5.91 Å². The van der Waals surface area contributed by atoms with Gasteiger partial charge in [-0.1, -0.05) is 6.92 Å². The lowest BCUT2D eigenvalue weighted by Gasteiger charge is -2.19. The van der Waals surface area contributed by atoms with E-state index in [0.717, 1.165) is 18.7 Å². The van der Waals surface area contributed by atoms with Gasteiger partial charge in [-0.25, -0.2) is 0 Å². The van der Waals surface area contributed by atoms with Crippen LogP contribution in [-0.2, 0) is 4.79 Å². The molecule has 1 heterocycles. The van der Waals surface area contributed by atoms with Gasteiger partial charge < -0.3 is 16.0 Å². The van der Waals surface area contributed by atoms with Gasteiger partial charge in [-0.3, -0.25) is 4.79 Å². The normalized spacial score (nSPS) is 21.5. The Balaban J connectivity index is 2.41. The average molecular weight is 183 g/mol. The minimum atomic E-state index is -0.105. The molecule has 1 amide bonds. The third-order valence-electron chi connectivity index (χ3n) is 2.14. The van der Waals surface area contributed by atoms with Crippen molar-refractivity contribution in [2.75, 3.05) is 13.6 Å². The molecule has 0 spiro atoms. The van der Waals surface area contributed by atoms with E-state index in [9.17, 15) is 4.79 Å². The molecular weight excluding hydrogens is 166 g/mol. The van der Waals surface area contributed by atoms with E-state index in [-0.39, 0.29) is 11.9 Å². The van der Waals surface area contributed by atoms with Gasteiger partial charge >= 0.3 is 0 Å². The summed E-state index contributed by atoms with van der Waals surface area (Å²) in [5.41, 5.74) is 6.40. The zero-order valence-electron chi connectivity index (χ0n) is 8.21. The molecule has 0 aliphatic carbocycles. The lowest BCUT2D eigenvalue weighted by atomic mass is 10.2. The first-order valence-electron chi connectivity index (χ1n) is 4.61. The lowest BCUT2D eigenvalue weighted by Crippen LogP contribution is -2.41. The molecule has 4 nitrogen and oxygen atoms in total. The molecule has 1 aliphatic heterocycles. The molecule has 1 aliphatic rings. The van der Waals surface area contributed by atoms with Crippen LogP contribution in [0.3, 0.4) is 0 Å². The first kappa shape index (κ1) is 9.89. The first-order valence-corrected chi connectivity index (χ1v) is 4.61. The van der Waals surface area contributed by atoms with Gasteiger partial charge in [-0.05, 0) is 6.42 Å². The van der Waals surface area contributed by atoms with Crippen LogP contribution in [0.5, 0.6) is 0 Å². The Labute approximate surface area is 78.8 Å². The maximum Gasteiger partial charge on any atom is 0.243 e. The quantitative estimate of drug-likeness (QED) is 0.648. The van der Waals surface area contributed by atoms with Gasteiger partial charge in [0, 0.05) is 31.9 Å². The summed E-state index contributed by atoms with van der Waals surface area (Å²) in [4.78, 5) is 13.4. The minimum Gasteiger partial charge on any atom is -0.401 e. The third-order valence-corrected chi connectivity index (χ3v) is 2.14. The number of nitrogens with zero attached hydrogens (tertiary/aromatic N) is 1. The number of hydrogen-bond acceptors (Lipinski definition) is 3. The second-order valence-corrected chi connectivity index (χ2v) is 3.38. The van der Waals surface area contributed by atoms with Crippen LogP contribution in [0.2, 0.25) is 0 Å². The van der Waals surface area contributed by atoms with Gasteiger partial charge in [0.1, 0.15) is 6.04 Å². The highest BCUT2D eigenvalue weighted by Crippen LogP contribution is 2.15. The summed E-state index contributed by atoms with van der Waals surface area (Å²) in [6.07, 6.45) is 3.42. The Hall–Kier alpha value is -1.19. The maximum absolute atomic E-state index is 11.5. The molecule has 0 radical (unpaired) electrons. The molecule has 1 rings (SSSR count). The Morgan fingerprint density at radius 3 is 3.00 bits per heavy atom. The van der Waals surface area contributed by atoms with E-state index in [1.165, 1.54) is 0 Å². The number of hydrogen-bond donors (Lipinski definition) is 2. The standard InChI is InChI=1S/C9H17N3O/c1-3-4-11-9(13)8-5-7(10)6-12(8)2/h6,8H,3-5,10H2,1-2H3,(H,11,13). The second-order valence-electron chi connectivity index (χ2n) is 3.38. The molecule has 0 aromatic carbocycles. The van der Waals surface area contributed by atoms with Crippen molar-refractivity contribution >= 4 is 5.91 Å². The van der Waals surface area contributed by atoms with Gasteiger partial charge in [0.25, 0.3) is 0 Å². The van der Waals surface area contributed by atoms with E-state index in [4.69, 9.17) is 5.73 Å². The van der Waals surface area contributed by atoms with Crippen molar-refractivity contribution in [3.8, 4) is 0 Å². The molecular formula is C9H17N3O. The summed E-state index contributed by atoms with van der Waals surface area (Å²) >= 11 is 0. The SMILES string of the molecule is CCCNC(=O)C1CC(N)=CN1C. The van der Waals surface area contributed by atoms with Crippen LogP contribution in [0.15, 0.2) is 11.9 Å². The topological polar surface area (TPSA) is 58.4 Å². The summed E-state index contributed by atoms with van der Waals surface area (Å²) in [7, 11) is 1.87. The molecule has 3 N–H and O–H groups in total. The van der Waals surface area contributed by atoms with Crippen LogP contribution in [0, 0.1) is 0 Å². The van der Waals surface area contributed by atoms with Crippen molar-refractivity contribution in [3.63, 3.8) is 0 Å². The van der Waals surface area contributed by atoms with Crippen molar-refractivity contribution < 1.29 is 4.79 Å². The highest BCUT2D eigenvalue weighted by molar-refractivity contribution is 5.82. The van der Waals surface area contributed by atoms with Crippen LogP contribution < -0.4 is 11.1 Å². The average Bonchev–Trinajstić information content (AvgIpc) is 2.41. The number of carbonyl (C=O) groups is 1. The molecule has 0 saturated carbocycles. The Kier molecular flexibility index (Phi) is 3.17. The fourth-order valence-electron chi connectivity index (χ4n) is 1.42. The Morgan fingerprint density at radius 1 is 1.85 bits per heavy atom. The van der Waals surface area contributed by atoms with E-state index in [1.54, 1.807) is 0 Å². The lowest BCUT2D eigenvalue weighted by molar-refractivity contribution is -0.124. The fourth-order valence-corrected chi connectivity index (χ4v) is 1.42. The predicted molar refractivity (Wildman–Crippen MR) is 51.7 cm³/mol. The van der Waals surface area contributed by atoms with E-state index < -0.39 is 0 Å². The van der Waals surface area contributed by atoms with Gasteiger partial charge in [-0.15, -0.1) is 0 Å². The molecule has 1 atom stereocenters. The smallest absolute Gasteiger partial charge is 0.243 e. The van der Waals surface area contributed by atoms with E-state index in [1.807, 2.05) is 25.1 Å². The summed E-state index contributed by atoms with van der Waals surface area (Å²) in [5.74, 6) is 0.0704. The van der Waals surface area contributed by atoms with E-state index in [2.05, 4.69) is 5.32 Å². The number of amides is 1. The molecule has 0 aromatic rings. The second kappa shape index (κ2) is 4.16. The molecule has 74 valence electrons. The molecule has 0 fully saturated rings. The van der Waals surface area contributed by atoms with Crippen LogP contribution in [0.25, 0.3) is 0 Å². The fraction of sp³-hybridized carbons (Fsp3) is 0.667. The van der Waals surface area contributed by atoms with E-state index in [0.29, 0.717) is 6.42 Å². The maximum atomic E-state index is 11.5. The van der Waals surface area contributed by atoms with Gasteiger partial charge in [0.15, 0.2) is 0 Å². The summed E-state index contributed by atoms with van der Waals surface area (Å²) in [6.45, 7) is 2.77. The Morgan fingerprint density at radius 2 is 2.54 bits per heavy atom. The minimum absolute atomic E-state index is 0.0704. The number of nitrogens with two attached hydrogens (primary N) is 1. The van der Waals surface area contributed by atoms with Crippen LogP contribution in [-0.4, -0.2) is 30.4 Å². The number of nitrogens with one attached hydrogen (secondary N) is 1. The number of likely N-dealkylation sites (N-methyl/N-ethyl adjacent to an activating group) is 1. The van der Waals surface area contributed by atoms with Crippen LogP contribution in [0.1, 0.15) is 19.8 Å². The summed E-state index contributed by atoms with van der Waals surface area (Å²) in [5, 5.41) is 2.86. The molecule has 13 heavy (non-hydrogen) atoms. The molecule has 0 bridgehead atoms. The summed E-state index contributed by atoms with van der Waals surface area (Å²) in [6, 6.07) is -0.105. The van der Waals surface area contributed by atoms with Crippen LogP contribution in [0.4, 0.5) is 0 Å². The van der Waals surface area contributed by atoms with Crippen molar-refractivity contribution in [1.29, 1.82) is 0 Å². The monoisotopic (exact) mass is 183 g/mol. The van der Waals surface area contributed by atoms with Gasteiger partial charge in [-0.2, -0.15) is 0 Å². The largest absolute Gasteiger partial charge is 0.401 e. The van der Waals surface area contributed by atoms with Crippen molar-refractivity contribution in [2.45, 2.75) is 25.8 Å². The predicted octanol–water partition coefficient (Wildman–Crippen LogP) is 0.0168. The number of rotatable bonds is 3. The Bertz CT molecular complexity index is 225. The third kappa shape index (κ3) is 2.37. The zero-order chi connectivity index (χ0) is 9.84. The molecule has 0 aromatic heterocycles. The molecule has 4 heteroatoms. The van der Waals surface area contributed by atoms with Crippen molar-refractivity contribution in [1.82, 2.24) is 10.2 Å². The molecule has 0 saturated heterocycles. The number of carbonyl (C=O) groups excluding carboxylic acids is 1. The molecule has 1 unspecified atom stereocenters. The van der Waals surface area contributed by atoms with E-state index >= 15 is 0 Å². The highest BCUT2D eigenvalue weighted by Gasteiger charge is 2.26. The highest BCUT2D eigenvalue weighted by atomic mass is 16.2. The van der Waals surface area contributed by atoms with Crippen molar-refractivity contribution in [2.24, 2.45) is 5.73 Å².